The fourth-order valence-corrected chi connectivity index (χ4v) is 6.10. The molecule has 1 saturated heterocycles. The molecule has 5 aromatic rings. The molecule has 45 heavy (non-hydrogen) atoms. The van der Waals surface area contributed by atoms with Gasteiger partial charge in [-0.3, -0.25) is 14.2 Å². The molecule has 2 aromatic carbocycles. The molecule has 1 aliphatic carbocycles. The van der Waals surface area contributed by atoms with Gasteiger partial charge < -0.3 is 19.9 Å². The number of halogens is 2. The minimum absolute atomic E-state index is 0.00739. The molecule has 4 heterocycles. The van der Waals surface area contributed by atoms with E-state index >= 15 is 4.39 Å². The number of rotatable bonds is 7. The third-order valence-corrected chi connectivity index (χ3v) is 8.69. The zero-order chi connectivity index (χ0) is 31.2. The third-order valence-electron chi connectivity index (χ3n) is 8.69. The summed E-state index contributed by atoms with van der Waals surface area (Å²) in [5.41, 5.74) is 3.37. The summed E-state index contributed by atoms with van der Waals surface area (Å²) in [5.74, 6) is 0.265. The molecule has 230 valence electrons. The molecular formula is C34H32F2N6O3. The molecular weight excluding hydrogens is 578 g/mol. The van der Waals surface area contributed by atoms with Crippen LogP contribution in [0.3, 0.4) is 0 Å². The molecule has 3 aromatic heterocycles. The van der Waals surface area contributed by atoms with Gasteiger partial charge in [0.1, 0.15) is 17.3 Å². The van der Waals surface area contributed by atoms with Gasteiger partial charge in [-0.2, -0.15) is 0 Å². The van der Waals surface area contributed by atoms with Gasteiger partial charge in [-0.25, -0.2) is 9.37 Å². The Balaban J connectivity index is 1.23. The SMILES string of the molecule is Cn1cc(-c2cccc(-n3ccc4cc(C5CC5)cc(F)c4c3=O)c2CO)cc(Nc2ccc(N3CCN(F)CC3)cn2)c1=O. The van der Waals surface area contributed by atoms with E-state index in [2.05, 4.69) is 15.2 Å². The summed E-state index contributed by atoms with van der Waals surface area (Å²) in [5, 5.41) is 15.0. The summed E-state index contributed by atoms with van der Waals surface area (Å²) in [7, 11) is 1.63. The van der Waals surface area contributed by atoms with Crippen molar-refractivity contribution in [3.05, 3.63) is 111 Å². The third kappa shape index (κ3) is 5.49. The number of aliphatic hydroxyl groups is 1. The number of pyridine rings is 3. The Morgan fingerprint density at radius 1 is 1.00 bits per heavy atom. The van der Waals surface area contributed by atoms with Crippen LogP contribution in [0.15, 0.2) is 82.8 Å². The topological polar surface area (TPSA) is 95.6 Å². The summed E-state index contributed by atoms with van der Waals surface area (Å²) in [6.07, 6.45) is 7.02. The Kier molecular flexibility index (Phi) is 7.42. The largest absolute Gasteiger partial charge is 0.392 e. The molecule has 11 heteroatoms. The average Bonchev–Trinajstić information content (AvgIpc) is 3.89. The lowest BCUT2D eigenvalue weighted by molar-refractivity contribution is 0.0200. The number of aromatic nitrogens is 3. The van der Waals surface area contributed by atoms with Gasteiger partial charge in [0, 0.05) is 56.7 Å². The highest BCUT2D eigenvalue weighted by Gasteiger charge is 2.25. The molecule has 2 fully saturated rings. The maximum Gasteiger partial charge on any atom is 0.274 e. The summed E-state index contributed by atoms with van der Waals surface area (Å²) >= 11 is 0. The Hall–Kier alpha value is -4.87. The maximum absolute atomic E-state index is 15.2. The molecule has 7 rings (SSSR count). The first kappa shape index (κ1) is 28.9. The summed E-state index contributed by atoms with van der Waals surface area (Å²) in [4.78, 5) is 33.2. The van der Waals surface area contributed by atoms with Crippen molar-refractivity contribution in [2.24, 2.45) is 7.05 Å². The number of nitrogens with zero attached hydrogens (tertiary/aromatic N) is 5. The van der Waals surface area contributed by atoms with E-state index in [0.29, 0.717) is 65.7 Å². The molecule has 1 saturated carbocycles. The summed E-state index contributed by atoms with van der Waals surface area (Å²) in [6, 6.07) is 15.7. The van der Waals surface area contributed by atoms with E-state index < -0.39 is 18.0 Å². The van der Waals surface area contributed by atoms with Gasteiger partial charge in [0.25, 0.3) is 11.1 Å². The second-order valence-electron chi connectivity index (χ2n) is 11.7. The molecule has 1 aliphatic heterocycles. The van der Waals surface area contributed by atoms with E-state index in [1.165, 1.54) is 15.2 Å². The number of fused-ring (bicyclic) bond motifs is 1. The zero-order valence-electron chi connectivity index (χ0n) is 24.7. The predicted octanol–water partition coefficient (Wildman–Crippen LogP) is 5.01. The number of anilines is 3. The van der Waals surface area contributed by atoms with Crippen molar-refractivity contribution in [3.8, 4) is 16.8 Å². The second kappa shape index (κ2) is 11.6. The first-order valence-electron chi connectivity index (χ1n) is 15.0. The van der Waals surface area contributed by atoms with Gasteiger partial charge in [0.15, 0.2) is 0 Å². The van der Waals surface area contributed by atoms with Crippen LogP contribution in [-0.2, 0) is 13.7 Å². The van der Waals surface area contributed by atoms with Gasteiger partial charge in [-0.05, 0) is 71.7 Å². The standard InChI is InChI=1S/C34H32F2N6O3/c1-39-19-24(17-29(33(39)44)38-31-8-7-25(18-37-31)40-11-13-41(36)14-12-40)26-3-2-4-30(27(26)20-43)42-10-9-22-15-23(21-5-6-21)16-28(35)32(22)34(42)45/h2-4,7-10,15-19,21,43H,5-6,11-14,20H2,1H3,(H,37,38). The number of aryl methyl sites for hydroxylation is 1. The first-order chi connectivity index (χ1) is 21.8. The van der Waals surface area contributed by atoms with Crippen molar-refractivity contribution in [2.45, 2.75) is 25.4 Å². The van der Waals surface area contributed by atoms with E-state index in [1.54, 1.807) is 62.0 Å². The Bertz CT molecular complexity index is 2030. The molecule has 2 N–H and O–H groups in total. The first-order valence-corrected chi connectivity index (χ1v) is 15.0. The monoisotopic (exact) mass is 610 g/mol. The minimum atomic E-state index is -0.548. The number of benzene rings is 2. The fourth-order valence-electron chi connectivity index (χ4n) is 6.10. The van der Waals surface area contributed by atoms with Gasteiger partial charge in [-0.15, -0.1) is 9.60 Å². The van der Waals surface area contributed by atoms with Gasteiger partial charge in [-0.1, -0.05) is 18.2 Å². The lowest BCUT2D eigenvalue weighted by Crippen LogP contribution is -2.42. The molecule has 0 atom stereocenters. The number of piperazine rings is 1. The van der Waals surface area contributed by atoms with Gasteiger partial charge in [0.2, 0.25) is 0 Å². The van der Waals surface area contributed by atoms with Crippen molar-refractivity contribution in [1.82, 2.24) is 19.2 Å². The van der Waals surface area contributed by atoms with E-state index in [4.69, 9.17) is 0 Å². The highest BCUT2D eigenvalue weighted by atomic mass is 19.2. The summed E-state index contributed by atoms with van der Waals surface area (Å²) in [6.45, 7) is 1.37. The highest BCUT2D eigenvalue weighted by molar-refractivity contribution is 5.84. The lowest BCUT2D eigenvalue weighted by atomic mass is 9.98. The van der Waals surface area contributed by atoms with Crippen LogP contribution in [0.1, 0.15) is 29.9 Å². The summed E-state index contributed by atoms with van der Waals surface area (Å²) < 4.78 is 31.4. The fraction of sp³-hybridized carbons (Fsp3) is 0.265. The van der Waals surface area contributed by atoms with E-state index in [9.17, 15) is 19.2 Å². The van der Waals surface area contributed by atoms with Crippen LogP contribution in [0.2, 0.25) is 0 Å². The predicted molar refractivity (Wildman–Crippen MR) is 170 cm³/mol. The van der Waals surface area contributed by atoms with Crippen molar-refractivity contribution < 1.29 is 14.0 Å². The Morgan fingerprint density at radius 3 is 2.51 bits per heavy atom. The zero-order valence-corrected chi connectivity index (χ0v) is 24.7. The molecule has 0 unspecified atom stereocenters. The quantitative estimate of drug-likeness (QED) is 0.250. The van der Waals surface area contributed by atoms with Crippen LogP contribution in [0.5, 0.6) is 0 Å². The van der Waals surface area contributed by atoms with Crippen molar-refractivity contribution in [3.63, 3.8) is 0 Å². The minimum Gasteiger partial charge on any atom is -0.392 e. The number of nitrogens with one attached hydrogen (secondary N) is 1. The van der Waals surface area contributed by atoms with Crippen LogP contribution in [0, 0.1) is 5.82 Å². The maximum atomic E-state index is 15.2. The molecule has 9 nitrogen and oxygen atoms in total. The van der Waals surface area contributed by atoms with Crippen molar-refractivity contribution in [2.75, 3.05) is 36.4 Å². The van der Waals surface area contributed by atoms with E-state index in [-0.39, 0.29) is 16.6 Å². The van der Waals surface area contributed by atoms with E-state index in [1.807, 2.05) is 12.1 Å². The number of hydrogen-bond acceptors (Lipinski definition) is 7. The molecule has 0 bridgehead atoms. The van der Waals surface area contributed by atoms with Gasteiger partial charge in [0.05, 0.1) is 29.6 Å². The van der Waals surface area contributed by atoms with Crippen LogP contribution < -0.4 is 21.3 Å². The van der Waals surface area contributed by atoms with Crippen molar-refractivity contribution in [1.29, 1.82) is 0 Å². The van der Waals surface area contributed by atoms with Crippen LogP contribution >= 0.6 is 0 Å². The number of hydrogen-bond donors (Lipinski definition) is 2. The Morgan fingerprint density at radius 2 is 1.80 bits per heavy atom. The molecule has 0 radical (unpaired) electrons. The lowest BCUT2D eigenvalue weighted by Gasteiger charge is -2.31. The van der Waals surface area contributed by atoms with E-state index in [0.717, 1.165) is 29.2 Å². The normalized spacial score (nSPS) is 15.5. The smallest absolute Gasteiger partial charge is 0.274 e. The molecule has 0 spiro atoms. The van der Waals surface area contributed by atoms with Crippen molar-refractivity contribution >= 4 is 28.0 Å². The Labute approximate surface area is 257 Å². The highest BCUT2D eigenvalue weighted by Crippen LogP contribution is 2.41. The van der Waals surface area contributed by atoms with Crippen LogP contribution in [0.4, 0.5) is 26.1 Å². The van der Waals surface area contributed by atoms with Crippen LogP contribution in [0.25, 0.3) is 27.6 Å². The number of aliphatic hydroxyl groups excluding tert-OH is 1. The molecule has 0 amide bonds. The van der Waals surface area contributed by atoms with Gasteiger partial charge >= 0.3 is 0 Å². The average molecular weight is 611 g/mol. The van der Waals surface area contributed by atoms with Crippen LogP contribution in [-0.4, -0.2) is 50.5 Å². The molecule has 2 aliphatic rings. The second-order valence-corrected chi connectivity index (χ2v) is 11.7.